The number of primary amides is 1. The monoisotopic (exact) mass is 427 g/mol. The lowest BCUT2D eigenvalue weighted by atomic mass is 9.91. The molecule has 0 saturated carbocycles. The van der Waals surface area contributed by atoms with Gasteiger partial charge in [-0.1, -0.05) is 75.0 Å². The first kappa shape index (κ1) is 26.0. The average Bonchev–Trinajstić information content (AvgIpc) is 2.74. The molecule has 0 aliphatic carbocycles. The van der Waals surface area contributed by atoms with Crippen molar-refractivity contribution in [3.05, 3.63) is 72.5 Å². The van der Waals surface area contributed by atoms with Crippen molar-refractivity contribution in [3.8, 4) is 11.1 Å². The van der Waals surface area contributed by atoms with Crippen LogP contribution in [0.1, 0.15) is 47.0 Å². The predicted molar refractivity (Wildman–Crippen MR) is 127 cm³/mol. The second kappa shape index (κ2) is 14.0. The quantitative estimate of drug-likeness (QED) is 0.376. The van der Waals surface area contributed by atoms with E-state index in [2.05, 4.69) is 62.0 Å². The molecule has 2 atom stereocenters. The van der Waals surface area contributed by atoms with Crippen LogP contribution in [-0.2, 0) is 20.7 Å². The number of hydrogen-bond donors (Lipinski definition) is 2. The molecule has 1 amide bonds. The SMILES string of the molecule is C=C(O)CCC(N)=O.CCOC(=O)[C@H](C)CC(C)Cc1ccc(-c2ccccc2)cc1.[HH]. The maximum atomic E-state index is 11.7. The summed E-state index contributed by atoms with van der Waals surface area (Å²) in [6.45, 7) is 9.63. The molecular formula is C26H37NO4. The van der Waals surface area contributed by atoms with Crippen LogP contribution in [0.25, 0.3) is 11.1 Å². The highest BCUT2D eigenvalue weighted by atomic mass is 16.5. The molecule has 1 unspecified atom stereocenters. The molecule has 2 aromatic rings. The minimum Gasteiger partial charge on any atom is -0.513 e. The van der Waals surface area contributed by atoms with Crippen LogP contribution < -0.4 is 5.73 Å². The topological polar surface area (TPSA) is 89.6 Å². The lowest BCUT2D eigenvalue weighted by Gasteiger charge is -2.16. The van der Waals surface area contributed by atoms with Gasteiger partial charge in [0.2, 0.25) is 5.91 Å². The van der Waals surface area contributed by atoms with E-state index in [-0.39, 0.29) is 31.9 Å². The Morgan fingerprint density at radius 1 is 1.03 bits per heavy atom. The van der Waals surface area contributed by atoms with E-state index in [1.807, 2.05) is 19.9 Å². The molecule has 0 aliphatic rings. The molecule has 5 heteroatoms. The van der Waals surface area contributed by atoms with Crippen LogP contribution in [0.2, 0.25) is 0 Å². The smallest absolute Gasteiger partial charge is 0.308 e. The van der Waals surface area contributed by atoms with E-state index in [0.29, 0.717) is 12.5 Å². The molecule has 0 aromatic heterocycles. The maximum Gasteiger partial charge on any atom is 0.308 e. The van der Waals surface area contributed by atoms with Gasteiger partial charge in [-0.3, -0.25) is 9.59 Å². The van der Waals surface area contributed by atoms with Crippen molar-refractivity contribution in [3.63, 3.8) is 0 Å². The Balaban J connectivity index is 0.000000917. The number of ether oxygens (including phenoxy) is 1. The number of allylic oxidation sites excluding steroid dienone is 1. The number of nitrogens with two attached hydrogens (primary N) is 1. The summed E-state index contributed by atoms with van der Waals surface area (Å²) in [4.78, 5) is 21.7. The Labute approximate surface area is 187 Å². The molecule has 0 bridgehead atoms. The fraction of sp³-hybridized carbons (Fsp3) is 0.385. The van der Waals surface area contributed by atoms with Gasteiger partial charge in [0.25, 0.3) is 0 Å². The van der Waals surface area contributed by atoms with Gasteiger partial charge in [-0.25, -0.2) is 0 Å². The lowest BCUT2D eigenvalue weighted by molar-refractivity contribution is -0.147. The van der Waals surface area contributed by atoms with E-state index in [4.69, 9.17) is 15.6 Å². The second-order valence-electron chi connectivity index (χ2n) is 7.79. The van der Waals surface area contributed by atoms with Crippen molar-refractivity contribution in [2.24, 2.45) is 17.6 Å². The molecule has 0 heterocycles. The average molecular weight is 428 g/mol. The number of hydrogen-bond acceptors (Lipinski definition) is 4. The molecule has 2 rings (SSSR count). The Hall–Kier alpha value is -3.08. The first-order chi connectivity index (χ1) is 14.7. The van der Waals surface area contributed by atoms with Gasteiger partial charge in [0, 0.05) is 14.3 Å². The Bertz CT molecular complexity index is 807. The zero-order valence-corrected chi connectivity index (χ0v) is 18.8. The van der Waals surface area contributed by atoms with E-state index < -0.39 is 5.91 Å². The van der Waals surface area contributed by atoms with E-state index in [1.165, 1.54) is 16.7 Å². The number of benzene rings is 2. The van der Waals surface area contributed by atoms with Crippen molar-refractivity contribution in [2.45, 2.75) is 46.5 Å². The summed E-state index contributed by atoms with van der Waals surface area (Å²) in [6, 6.07) is 19.1. The molecule has 0 radical (unpaired) electrons. The predicted octanol–water partition coefficient (Wildman–Crippen LogP) is 5.69. The molecule has 0 spiro atoms. The van der Waals surface area contributed by atoms with Crippen molar-refractivity contribution in [1.82, 2.24) is 0 Å². The number of aliphatic hydroxyl groups is 1. The van der Waals surface area contributed by atoms with Gasteiger partial charge in [-0.05, 0) is 42.4 Å². The van der Waals surface area contributed by atoms with Gasteiger partial charge in [-0.2, -0.15) is 0 Å². The van der Waals surface area contributed by atoms with Crippen molar-refractivity contribution in [2.75, 3.05) is 6.61 Å². The van der Waals surface area contributed by atoms with Gasteiger partial charge in [0.1, 0.15) is 0 Å². The summed E-state index contributed by atoms with van der Waals surface area (Å²) < 4.78 is 5.08. The molecule has 3 N–H and O–H groups in total. The van der Waals surface area contributed by atoms with Crippen molar-refractivity contribution >= 4 is 11.9 Å². The molecule has 5 nitrogen and oxygen atoms in total. The molecule has 0 saturated heterocycles. The zero-order chi connectivity index (χ0) is 23.2. The number of carbonyl (C=O) groups excluding carboxylic acids is 2. The van der Waals surface area contributed by atoms with E-state index in [9.17, 15) is 9.59 Å². The summed E-state index contributed by atoms with van der Waals surface area (Å²) in [6.07, 6.45) is 2.29. The third-order valence-electron chi connectivity index (χ3n) is 4.75. The fourth-order valence-electron chi connectivity index (χ4n) is 3.20. The van der Waals surface area contributed by atoms with Crippen LogP contribution in [0, 0.1) is 11.8 Å². The highest BCUT2D eigenvalue weighted by molar-refractivity contribution is 5.73. The van der Waals surface area contributed by atoms with Crippen molar-refractivity contribution < 1.29 is 20.9 Å². The summed E-state index contributed by atoms with van der Waals surface area (Å²) in [7, 11) is 0. The van der Waals surface area contributed by atoms with Crippen LogP contribution in [0.5, 0.6) is 0 Å². The first-order valence-electron chi connectivity index (χ1n) is 10.7. The highest BCUT2D eigenvalue weighted by Crippen LogP contribution is 2.22. The summed E-state index contributed by atoms with van der Waals surface area (Å²) >= 11 is 0. The fourth-order valence-corrected chi connectivity index (χ4v) is 3.20. The van der Waals surface area contributed by atoms with Crippen molar-refractivity contribution in [1.29, 1.82) is 0 Å². The molecular weight excluding hydrogens is 390 g/mol. The Morgan fingerprint density at radius 2 is 1.61 bits per heavy atom. The van der Waals surface area contributed by atoms with Gasteiger partial charge in [-0.15, -0.1) is 0 Å². The normalized spacial score (nSPS) is 12.1. The molecule has 0 fully saturated rings. The number of amides is 1. The minimum atomic E-state index is -0.416. The van der Waals surface area contributed by atoms with Gasteiger partial charge < -0.3 is 15.6 Å². The Morgan fingerprint density at radius 3 is 2.10 bits per heavy atom. The molecule has 170 valence electrons. The summed E-state index contributed by atoms with van der Waals surface area (Å²) in [5.74, 6) is -0.0756. The number of carbonyl (C=O) groups is 2. The summed E-state index contributed by atoms with van der Waals surface area (Å²) in [5, 5.41) is 8.40. The van der Waals surface area contributed by atoms with E-state index >= 15 is 0 Å². The molecule has 31 heavy (non-hydrogen) atoms. The largest absolute Gasteiger partial charge is 0.513 e. The molecule has 2 aromatic carbocycles. The minimum absolute atomic E-state index is 0. The third-order valence-corrected chi connectivity index (χ3v) is 4.75. The van der Waals surface area contributed by atoms with Gasteiger partial charge in [0.05, 0.1) is 18.3 Å². The van der Waals surface area contributed by atoms with Crippen LogP contribution in [0.3, 0.4) is 0 Å². The van der Waals surface area contributed by atoms with E-state index in [0.717, 1.165) is 12.8 Å². The number of esters is 1. The number of aliphatic hydroxyl groups excluding tert-OH is 1. The summed E-state index contributed by atoms with van der Waals surface area (Å²) in [5.41, 5.74) is 8.54. The van der Waals surface area contributed by atoms with Crippen LogP contribution in [0.4, 0.5) is 0 Å². The lowest BCUT2D eigenvalue weighted by Crippen LogP contribution is -2.18. The van der Waals surface area contributed by atoms with E-state index in [1.54, 1.807) is 0 Å². The van der Waals surface area contributed by atoms with Crippen LogP contribution in [0.15, 0.2) is 66.9 Å². The van der Waals surface area contributed by atoms with Gasteiger partial charge in [0.15, 0.2) is 0 Å². The first-order valence-corrected chi connectivity index (χ1v) is 10.7. The zero-order valence-electron chi connectivity index (χ0n) is 18.8. The standard InChI is InChI=1S/C21H26O2.C5H9NO2.H2/c1-4-23-21(22)17(3)14-16(2)15-18-10-12-20(13-11-18)19-8-6-5-7-9-19;1-4(7)2-3-5(6)8;/h5-13,16-17H,4,14-15H2,1-3H3;7H,1-3H2,(H2,6,8);1H/t16?,17-;;/m1../s1. The highest BCUT2D eigenvalue weighted by Gasteiger charge is 2.17. The molecule has 0 aliphatic heterocycles. The van der Waals surface area contributed by atoms with Gasteiger partial charge >= 0.3 is 5.97 Å². The third kappa shape index (κ3) is 11.0. The second-order valence-corrected chi connectivity index (χ2v) is 7.79. The van der Waals surface area contributed by atoms with Crippen LogP contribution >= 0.6 is 0 Å². The Kier molecular flexibility index (Phi) is 11.7. The van der Waals surface area contributed by atoms with Crippen LogP contribution in [-0.4, -0.2) is 23.6 Å². The maximum absolute atomic E-state index is 11.7. The number of rotatable bonds is 10.